The highest BCUT2D eigenvalue weighted by atomic mass is 79.9. The highest BCUT2D eigenvalue weighted by Gasteiger charge is 2.28. The number of benzene rings is 3. The van der Waals surface area contributed by atoms with Gasteiger partial charge in [-0.05, 0) is 73.5 Å². The van der Waals surface area contributed by atoms with E-state index in [2.05, 4.69) is 57.6 Å². The highest BCUT2D eigenvalue weighted by Crippen LogP contribution is 2.39. The maximum absolute atomic E-state index is 13.2. The number of nitrogens with one attached hydrogen (secondary N) is 2. The number of carboxylic acids is 1. The molecule has 3 aromatic rings. The summed E-state index contributed by atoms with van der Waals surface area (Å²) in [4.78, 5) is 26.6. The maximum atomic E-state index is 13.2. The Bertz CT molecular complexity index is 1300. The van der Waals surface area contributed by atoms with Crippen LogP contribution in [0.25, 0.3) is 11.3 Å². The van der Waals surface area contributed by atoms with Crippen molar-refractivity contribution in [2.75, 3.05) is 24.2 Å². The predicted molar refractivity (Wildman–Crippen MR) is 149 cm³/mol. The van der Waals surface area contributed by atoms with E-state index in [0.717, 1.165) is 52.0 Å². The number of halogens is 1. The van der Waals surface area contributed by atoms with Crippen LogP contribution >= 0.6 is 15.9 Å². The molecule has 1 aliphatic rings. The van der Waals surface area contributed by atoms with E-state index in [1.165, 1.54) is 5.56 Å². The Labute approximate surface area is 220 Å². The Balaban J connectivity index is 1.73. The number of nitrogens with zero attached hydrogens (tertiary/aromatic N) is 1. The standard InChI is InChI=1S/C29H30BrN3O3/c1-3-15-33(2)18-20-7-11-23(12-8-20)31-28(21-6-4-5-19(16-21)9-14-26(34)35)27-24-13-10-22(30)17-25(24)32-29(27)36/h4-8,10-13,16-17,31H,3,9,14-15,18H2,1-2H3,(H,32,36)(H,34,35)/b28-27-. The van der Waals surface area contributed by atoms with Gasteiger partial charge in [0.1, 0.15) is 0 Å². The summed E-state index contributed by atoms with van der Waals surface area (Å²) in [5.74, 6) is -1.02. The Morgan fingerprint density at radius 3 is 2.56 bits per heavy atom. The van der Waals surface area contributed by atoms with Gasteiger partial charge in [-0.25, -0.2) is 0 Å². The van der Waals surface area contributed by atoms with Crippen LogP contribution < -0.4 is 10.6 Å². The fourth-order valence-electron chi connectivity index (χ4n) is 4.42. The van der Waals surface area contributed by atoms with Gasteiger partial charge < -0.3 is 20.6 Å². The molecule has 36 heavy (non-hydrogen) atoms. The van der Waals surface area contributed by atoms with E-state index in [0.29, 0.717) is 17.7 Å². The first kappa shape index (κ1) is 25.7. The summed E-state index contributed by atoms with van der Waals surface area (Å²) in [5.41, 5.74) is 6.62. The van der Waals surface area contributed by atoms with Gasteiger partial charge in [-0.1, -0.05) is 59.3 Å². The molecule has 6 nitrogen and oxygen atoms in total. The minimum atomic E-state index is -0.837. The largest absolute Gasteiger partial charge is 0.481 e. The van der Waals surface area contributed by atoms with Gasteiger partial charge in [0, 0.05) is 28.7 Å². The van der Waals surface area contributed by atoms with Crippen molar-refractivity contribution in [3.05, 3.63) is 93.5 Å². The number of rotatable bonds is 10. The average Bonchev–Trinajstić information content (AvgIpc) is 3.17. The number of hydrogen-bond acceptors (Lipinski definition) is 4. The van der Waals surface area contributed by atoms with Gasteiger partial charge >= 0.3 is 5.97 Å². The summed E-state index contributed by atoms with van der Waals surface area (Å²) in [6, 6.07) is 21.7. The fraction of sp³-hybridized carbons (Fsp3) is 0.241. The number of anilines is 2. The minimum absolute atomic E-state index is 0.0497. The van der Waals surface area contributed by atoms with Crippen molar-refractivity contribution in [3.63, 3.8) is 0 Å². The van der Waals surface area contributed by atoms with Gasteiger partial charge in [-0.15, -0.1) is 0 Å². The average molecular weight is 548 g/mol. The summed E-state index contributed by atoms with van der Waals surface area (Å²) in [6.07, 6.45) is 1.58. The summed E-state index contributed by atoms with van der Waals surface area (Å²) in [7, 11) is 2.12. The van der Waals surface area contributed by atoms with Gasteiger partial charge in [0.05, 0.1) is 17.0 Å². The van der Waals surface area contributed by atoms with Gasteiger partial charge in [0.2, 0.25) is 0 Å². The second-order valence-electron chi connectivity index (χ2n) is 9.05. The molecule has 0 unspecified atom stereocenters. The first-order valence-electron chi connectivity index (χ1n) is 12.0. The van der Waals surface area contributed by atoms with E-state index in [9.17, 15) is 9.59 Å². The van der Waals surface area contributed by atoms with Crippen molar-refractivity contribution >= 4 is 50.5 Å². The van der Waals surface area contributed by atoms with Gasteiger partial charge in [0.25, 0.3) is 5.91 Å². The Morgan fingerprint density at radius 1 is 1.06 bits per heavy atom. The Kier molecular flexibility index (Phi) is 8.23. The number of carbonyl (C=O) groups excluding carboxylic acids is 1. The number of amides is 1. The zero-order chi connectivity index (χ0) is 25.7. The molecule has 4 rings (SSSR count). The molecule has 1 amide bonds. The number of aliphatic carboxylic acids is 1. The van der Waals surface area contributed by atoms with E-state index in [1.807, 2.05) is 54.6 Å². The van der Waals surface area contributed by atoms with Crippen LogP contribution in [0.5, 0.6) is 0 Å². The van der Waals surface area contributed by atoms with Crippen LogP contribution in [0.1, 0.15) is 42.0 Å². The molecule has 186 valence electrons. The molecule has 1 aliphatic heterocycles. The Morgan fingerprint density at radius 2 is 1.83 bits per heavy atom. The molecule has 0 fully saturated rings. The molecule has 3 N–H and O–H groups in total. The summed E-state index contributed by atoms with van der Waals surface area (Å²) < 4.78 is 0.886. The molecule has 0 radical (unpaired) electrons. The normalized spacial score (nSPS) is 13.9. The van der Waals surface area contributed by atoms with E-state index < -0.39 is 5.97 Å². The molecule has 1 heterocycles. The topological polar surface area (TPSA) is 81.7 Å². The number of fused-ring (bicyclic) bond motifs is 1. The van der Waals surface area contributed by atoms with Crippen molar-refractivity contribution in [2.24, 2.45) is 0 Å². The van der Waals surface area contributed by atoms with E-state index in [1.54, 1.807) is 0 Å². The van der Waals surface area contributed by atoms with Crippen molar-refractivity contribution in [1.29, 1.82) is 0 Å². The minimum Gasteiger partial charge on any atom is -0.481 e. The van der Waals surface area contributed by atoms with Crippen LogP contribution in [0.3, 0.4) is 0 Å². The summed E-state index contributed by atoms with van der Waals surface area (Å²) in [5, 5.41) is 15.6. The molecule has 3 aromatic carbocycles. The predicted octanol–water partition coefficient (Wildman–Crippen LogP) is 6.24. The van der Waals surface area contributed by atoms with Crippen molar-refractivity contribution < 1.29 is 14.7 Å². The smallest absolute Gasteiger partial charge is 0.303 e. The van der Waals surface area contributed by atoms with E-state index in [4.69, 9.17) is 5.11 Å². The van der Waals surface area contributed by atoms with Crippen LogP contribution in [0.2, 0.25) is 0 Å². The molecule has 7 heteroatoms. The first-order valence-corrected chi connectivity index (χ1v) is 12.8. The molecule has 0 aromatic heterocycles. The lowest BCUT2D eigenvalue weighted by Crippen LogP contribution is -2.18. The second-order valence-corrected chi connectivity index (χ2v) is 9.96. The summed E-state index contributed by atoms with van der Waals surface area (Å²) in [6.45, 7) is 4.09. The molecule has 0 aliphatic carbocycles. The number of carbonyl (C=O) groups is 2. The van der Waals surface area contributed by atoms with E-state index in [-0.39, 0.29) is 12.3 Å². The van der Waals surface area contributed by atoms with Crippen LogP contribution in [-0.4, -0.2) is 35.5 Å². The number of carboxylic acid groups (broad SMARTS) is 1. The molecule has 0 bridgehead atoms. The lowest BCUT2D eigenvalue weighted by molar-refractivity contribution is -0.137. The Hall–Kier alpha value is -3.42. The quantitative estimate of drug-likeness (QED) is 0.262. The molecule has 0 atom stereocenters. The lowest BCUT2D eigenvalue weighted by Gasteiger charge is -2.18. The fourth-order valence-corrected chi connectivity index (χ4v) is 4.78. The maximum Gasteiger partial charge on any atom is 0.303 e. The molecule has 0 saturated carbocycles. The second kappa shape index (κ2) is 11.5. The third-order valence-corrected chi connectivity index (χ3v) is 6.59. The van der Waals surface area contributed by atoms with E-state index >= 15 is 0 Å². The third kappa shape index (κ3) is 6.22. The molecular formula is C29H30BrN3O3. The molecule has 0 saturated heterocycles. The van der Waals surface area contributed by atoms with Crippen molar-refractivity contribution in [1.82, 2.24) is 4.90 Å². The van der Waals surface area contributed by atoms with Gasteiger partial charge in [-0.2, -0.15) is 0 Å². The summed E-state index contributed by atoms with van der Waals surface area (Å²) >= 11 is 3.48. The zero-order valence-corrected chi connectivity index (χ0v) is 22.1. The van der Waals surface area contributed by atoms with Crippen LogP contribution in [0.15, 0.2) is 71.2 Å². The highest BCUT2D eigenvalue weighted by molar-refractivity contribution is 9.10. The third-order valence-electron chi connectivity index (χ3n) is 6.10. The zero-order valence-electron chi connectivity index (χ0n) is 20.5. The van der Waals surface area contributed by atoms with Crippen LogP contribution in [-0.2, 0) is 22.6 Å². The van der Waals surface area contributed by atoms with Gasteiger partial charge in [0.15, 0.2) is 0 Å². The molecular weight excluding hydrogens is 518 g/mol. The van der Waals surface area contributed by atoms with Crippen LogP contribution in [0, 0.1) is 0 Å². The van der Waals surface area contributed by atoms with Gasteiger partial charge in [-0.3, -0.25) is 9.59 Å². The SMILES string of the molecule is CCCN(C)Cc1ccc(N/C(=C2\C(=O)Nc3cc(Br)ccc32)c2cccc(CCC(=O)O)c2)cc1. The number of aryl methyl sites for hydroxylation is 1. The number of hydrogen-bond donors (Lipinski definition) is 3. The first-order chi connectivity index (χ1) is 17.3. The van der Waals surface area contributed by atoms with Crippen molar-refractivity contribution in [2.45, 2.75) is 32.7 Å². The monoisotopic (exact) mass is 547 g/mol. The van der Waals surface area contributed by atoms with Crippen molar-refractivity contribution in [3.8, 4) is 0 Å². The molecule has 0 spiro atoms. The lowest BCUT2D eigenvalue weighted by atomic mass is 9.97. The van der Waals surface area contributed by atoms with Crippen LogP contribution in [0.4, 0.5) is 11.4 Å².